The number of nitrogens with one attached hydrogen (secondary N) is 2. The molecule has 2 aromatic carbocycles. The molecule has 8 heteroatoms. The Labute approximate surface area is 138 Å². The molecule has 2 N–H and O–H groups in total. The lowest BCUT2D eigenvalue weighted by Gasteiger charge is -2.08. The van der Waals surface area contributed by atoms with E-state index in [1.807, 2.05) is 0 Å². The fraction of sp³-hybridized carbons (Fsp3) is 0.133. The van der Waals surface area contributed by atoms with Crippen LogP contribution >= 0.6 is 11.6 Å². The van der Waals surface area contributed by atoms with Crippen LogP contribution in [-0.4, -0.2) is 20.9 Å². The van der Waals surface area contributed by atoms with Gasteiger partial charge in [0.2, 0.25) is 15.9 Å². The molecule has 2 aromatic rings. The van der Waals surface area contributed by atoms with Crippen molar-refractivity contribution in [2.45, 2.75) is 11.3 Å². The minimum absolute atomic E-state index is 0.0638. The minimum atomic E-state index is -3.78. The molecule has 122 valence electrons. The van der Waals surface area contributed by atoms with Crippen LogP contribution in [0.3, 0.4) is 0 Å². The monoisotopic (exact) mass is 356 g/mol. The highest BCUT2D eigenvalue weighted by molar-refractivity contribution is 7.89. The molecule has 0 aliphatic carbocycles. The van der Waals surface area contributed by atoms with E-state index < -0.39 is 15.8 Å². The van der Waals surface area contributed by atoms with Crippen molar-refractivity contribution in [3.05, 3.63) is 59.4 Å². The zero-order valence-electron chi connectivity index (χ0n) is 11.9. The Morgan fingerprint density at radius 3 is 2.39 bits per heavy atom. The quantitative estimate of drug-likeness (QED) is 0.835. The molecule has 0 saturated heterocycles. The van der Waals surface area contributed by atoms with E-state index >= 15 is 0 Å². The summed E-state index contributed by atoms with van der Waals surface area (Å²) in [6.45, 7) is -0.0873. The second-order valence-electron chi connectivity index (χ2n) is 4.63. The standard InChI is InChI=1S/C15H14ClFN2O3S/c16-13-3-1-2-4-14(13)19-15(20)9-10-18-23(21,22)12-7-5-11(17)6-8-12/h1-8,18H,9-10H2,(H,19,20). The van der Waals surface area contributed by atoms with Crippen LogP contribution < -0.4 is 10.0 Å². The highest BCUT2D eigenvalue weighted by atomic mass is 35.5. The second-order valence-corrected chi connectivity index (χ2v) is 6.80. The Morgan fingerprint density at radius 2 is 1.74 bits per heavy atom. The first kappa shape index (κ1) is 17.4. The molecule has 0 bridgehead atoms. The highest BCUT2D eigenvalue weighted by Crippen LogP contribution is 2.20. The summed E-state index contributed by atoms with van der Waals surface area (Å²) in [5, 5.41) is 2.98. The van der Waals surface area contributed by atoms with Crippen molar-refractivity contribution in [1.82, 2.24) is 4.72 Å². The lowest BCUT2D eigenvalue weighted by molar-refractivity contribution is -0.116. The molecule has 0 atom stereocenters. The first-order valence-corrected chi connectivity index (χ1v) is 8.54. The summed E-state index contributed by atoms with van der Waals surface area (Å²) in [4.78, 5) is 11.7. The van der Waals surface area contributed by atoms with Gasteiger partial charge in [-0.2, -0.15) is 0 Å². The molecule has 0 saturated carbocycles. The van der Waals surface area contributed by atoms with Crippen molar-refractivity contribution in [1.29, 1.82) is 0 Å². The van der Waals surface area contributed by atoms with Crippen LogP contribution in [-0.2, 0) is 14.8 Å². The van der Waals surface area contributed by atoms with E-state index in [-0.39, 0.29) is 23.8 Å². The average molecular weight is 357 g/mol. The first-order valence-electron chi connectivity index (χ1n) is 6.68. The van der Waals surface area contributed by atoms with Crippen LogP contribution in [0.25, 0.3) is 0 Å². The maximum absolute atomic E-state index is 12.8. The number of hydrogen-bond donors (Lipinski definition) is 2. The van der Waals surface area contributed by atoms with E-state index in [2.05, 4.69) is 10.0 Å². The topological polar surface area (TPSA) is 75.3 Å². The van der Waals surface area contributed by atoms with Gasteiger partial charge in [-0.15, -0.1) is 0 Å². The normalized spacial score (nSPS) is 11.2. The summed E-state index contributed by atoms with van der Waals surface area (Å²) in [5.41, 5.74) is 0.459. The zero-order chi connectivity index (χ0) is 16.9. The fourth-order valence-corrected chi connectivity index (χ4v) is 2.99. The number of halogens is 2. The van der Waals surface area contributed by atoms with Crippen molar-refractivity contribution >= 4 is 33.2 Å². The van der Waals surface area contributed by atoms with Crippen LogP contribution in [0.5, 0.6) is 0 Å². The smallest absolute Gasteiger partial charge is 0.240 e. The molecule has 0 spiro atoms. The maximum Gasteiger partial charge on any atom is 0.240 e. The van der Waals surface area contributed by atoms with Crippen molar-refractivity contribution in [2.24, 2.45) is 0 Å². The number of amides is 1. The number of carbonyl (C=O) groups is 1. The Morgan fingerprint density at radius 1 is 1.09 bits per heavy atom. The van der Waals surface area contributed by atoms with Crippen LogP contribution in [0.2, 0.25) is 5.02 Å². The third-order valence-electron chi connectivity index (χ3n) is 2.92. The molecule has 0 heterocycles. The van der Waals surface area contributed by atoms with Crippen molar-refractivity contribution in [2.75, 3.05) is 11.9 Å². The number of para-hydroxylation sites is 1. The van der Waals surface area contributed by atoms with Crippen LogP contribution in [0, 0.1) is 5.82 Å². The summed E-state index contributed by atoms with van der Waals surface area (Å²) in [7, 11) is -3.78. The number of sulfonamides is 1. The molecule has 0 aliphatic heterocycles. The molecule has 23 heavy (non-hydrogen) atoms. The van der Waals surface area contributed by atoms with Crippen molar-refractivity contribution in [3.63, 3.8) is 0 Å². The molecular weight excluding hydrogens is 343 g/mol. The molecule has 0 aromatic heterocycles. The average Bonchev–Trinajstić information content (AvgIpc) is 2.50. The summed E-state index contributed by atoms with van der Waals surface area (Å²) < 4.78 is 39.0. The summed E-state index contributed by atoms with van der Waals surface area (Å²) >= 11 is 5.91. The van der Waals surface area contributed by atoms with Gasteiger partial charge in [-0.1, -0.05) is 23.7 Å². The number of benzene rings is 2. The van der Waals surface area contributed by atoms with E-state index in [9.17, 15) is 17.6 Å². The Hall–Kier alpha value is -1.96. The van der Waals surface area contributed by atoms with Crippen LogP contribution in [0.1, 0.15) is 6.42 Å². The number of anilines is 1. The molecule has 0 radical (unpaired) electrons. The zero-order valence-corrected chi connectivity index (χ0v) is 13.5. The van der Waals surface area contributed by atoms with Gasteiger partial charge in [-0.05, 0) is 36.4 Å². The van der Waals surface area contributed by atoms with E-state index in [4.69, 9.17) is 11.6 Å². The summed E-state index contributed by atoms with van der Waals surface area (Å²) in [5.74, 6) is -0.900. The summed E-state index contributed by atoms with van der Waals surface area (Å²) in [6.07, 6.45) is -0.0638. The second kappa shape index (κ2) is 7.54. The molecular formula is C15H14ClFN2O3S. The molecule has 0 aliphatic rings. The van der Waals surface area contributed by atoms with Gasteiger partial charge < -0.3 is 5.32 Å². The molecule has 5 nitrogen and oxygen atoms in total. The minimum Gasteiger partial charge on any atom is -0.325 e. The number of rotatable bonds is 6. The van der Waals surface area contributed by atoms with Gasteiger partial charge >= 0.3 is 0 Å². The van der Waals surface area contributed by atoms with Crippen molar-refractivity contribution in [3.8, 4) is 0 Å². The largest absolute Gasteiger partial charge is 0.325 e. The van der Waals surface area contributed by atoms with Crippen molar-refractivity contribution < 1.29 is 17.6 Å². The third-order valence-corrected chi connectivity index (χ3v) is 4.72. The molecule has 0 unspecified atom stereocenters. The number of hydrogen-bond acceptors (Lipinski definition) is 3. The summed E-state index contributed by atoms with van der Waals surface area (Å²) in [6, 6.07) is 11.1. The van der Waals surface area contributed by atoms with Gasteiger partial charge in [0.05, 0.1) is 15.6 Å². The Balaban J connectivity index is 1.88. The lowest BCUT2D eigenvalue weighted by Crippen LogP contribution is -2.27. The Bertz CT molecular complexity index is 795. The third kappa shape index (κ3) is 5.02. The van der Waals surface area contributed by atoms with Gasteiger partial charge in [-0.3, -0.25) is 4.79 Å². The lowest BCUT2D eigenvalue weighted by atomic mass is 10.3. The molecule has 0 fully saturated rings. The SMILES string of the molecule is O=C(CCNS(=O)(=O)c1ccc(F)cc1)Nc1ccccc1Cl. The van der Waals surface area contributed by atoms with Gasteiger partial charge in [0.15, 0.2) is 0 Å². The van der Waals surface area contributed by atoms with Gasteiger partial charge in [0.25, 0.3) is 0 Å². The van der Waals surface area contributed by atoms with E-state index in [0.717, 1.165) is 24.3 Å². The predicted octanol–water partition coefficient (Wildman–Crippen LogP) is 2.79. The maximum atomic E-state index is 12.8. The fourth-order valence-electron chi connectivity index (χ4n) is 1.77. The highest BCUT2D eigenvalue weighted by Gasteiger charge is 2.14. The molecule has 1 amide bonds. The van der Waals surface area contributed by atoms with Gasteiger partial charge in [0.1, 0.15) is 5.82 Å². The number of carbonyl (C=O) groups excluding carboxylic acids is 1. The van der Waals surface area contributed by atoms with E-state index in [1.54, 1.807) is 24.3 Å². The first-order chi connectivity index (χ1) is 10.9. The van der Waals surface area contributed by atoms with Gasteiger partial charge in [0, 0.05) is 13.0 Å². The van der Waals surface area contributed by atoms with Crippen LogP contribution in [0.15, 0.2) is 53.4 Å². The van der Waals surface area contributed by atoms with E-state index in [0.29, 0.717) is 10.7 Å². The molecule has 2 rings (SSSR count). The predicted molar refractivity (Wildman–Crippen MR) is 86.3 cm³/mol. The Kier molecular flexibility index (Phi) is 5.70. The van der Waals surface area contributed by atoms with Gasteiger partial charge in [-0.25, -0.2) is 17.5 Å². The van der Waals surface area contributed by atoms with E-state index in [1.165, 1.54) is 0 Å². The van der Waals surface area contributed by atoms with Crippen LogP contribution in [0.4, 0.5) is 10.1 Å².